The second-order valence-corrected chi connectivity index (χ2v) is 6.22. The lowest BCUT2D eigenvalue weighted by atomic mass is 10.2. The molecular formula is C9H15ClN2O3S. The molecule has 2 aliphatic carbocycles. The second kappa shape index (κ2) is 4.01. The molecule has 0 saturated heterocycles. The Labute approximate surface area is 101 Å². The van der Waals surface area contributed by atoms with Crippen molar-refractivity contribution in [2.24, 2.45) is 11.7 Å². The van der Waals surface area contributed by atoms with E-state index in [0.29, 0.717) is 19.3 Å². The van der Waals surface area contributed by atoms with Crippen LogP contribution in [0.3, 0.4) is 0 Å². The minimum Gasteiger partial charge on any atom is -0.317 e. The summed E-state index contributed by atoms with van der Waals surface area (Å²) in [6, 6.07) is 0. The average Bonchev–Trinajstić information content (AvgIpc) is 2.97. The average molecular weight is 267 g/mol. The third-order valence-electron chi connectivity index (χ3n) is 2.96. The lowest BCUT2D eigenvalue weighted by Crippen LogP contribution is -2.47. The van der Waals surface area contributed by atoms with Crippen LogP contribution in [-0.4, -0.2) is 25.1 Å². The quantitative estimate of drug-likeness (QED) is 0.697. The predicted molar refractivity (Wildman–Crippen MR) is 62.6 cm³/mol. The minimum atomic E-state index is -3.47. The van der Waals surface area contributed by atoms with Crippen LogP contribution in [0.1, 0.15) is 19.3 Å². The fraction of sp³-hybridized carbons (Fsp3) is 0.667. The van der Waals surface area contributed by atoms with Gasteiger partial charge in [0.05, 0.1) is 5.25 Å². The first kappa shape index (κ1) is 13.5. The Bertz CT molecular complexity index is 418. The van der Waals surface area contributed by atoms with Crippen LogP contribution in [0.5, 0.6) is 0 Å². The molecule has 0 radical (unpaired) electrons. The van der Waals surface area contributed by atoms with Crippen LogP contribution >= 0.6 is 12.4 Å². The molecule has 2 atom stereocenters. The van der Waals surface area contributed by atoms with Gasteiger partial charge in [0.25, 0.3) is 5.91 Å². The Balaban J connectivity index is 0.00000128. The Morgan fingerprint density at radius 1 is 1.50 bits per heavy atom. The molecule has 0 bridgehead atoms. The van der Waals surface area contributed by atoms with Crippen LogP contribution in [0.25, 0.3) is 0 Å². The molecule has 0 heterocycles. The number of sulfonamides is 1. The molecule has 0 aromatic heterocycles. The Hall–Kier alpha value is -0.590. The molecule has 1 amide bonds. The summed E-state index contributed by atoms with van der Waals surface area (Å²) in [6.45, 7) is 3.54. The van der Waals surface area contributed by atoms with E-state index in [4.69, 9.17) is 5.73 Å². The van der Waals surface area contributed by atoms with Crippen LogP contribution in [0, 0.1) is 5.92 Å². The highest BCUT2D eigenvalue weighted by Crippen LogP contribution is 2.42. The zero-order valence-corrected chi connectivity index (χ0v) is 10.3. The van der Waals surface area contributed by atoms with Crippen molar-refractivity contribution in [3.05, 3.63) is 12.7 Å². The van der Waals surface area contributed by atoms with Crippen LogP contribution in [-0.2, 0) is 14.8 Å². The van der Waals surface area contributed by atoms with Gasteiger partial charge < -0.3 is 5.73 Å². The molecule has 2 unspecified atom stereocenters. The molecule has 92 valence electrons. The number of nitrogens with two attached hydrogens (primary N) is 1. The standard InChI is InChI=1S/C9H14N2O3S.ClH/c1-2-6-5-9(6,10)8(12)11-15(13,14)7-3-4-7;/h2,6-7H,1,3-5,10H2,(H,11,12);1H. The van der Waals surface area contributed by atoms with Gasteiger partial charge in [0, 0.05) is 5.92 Å². The van der Waals surface area contributed by atoms with Gasteiger partial charge in [-0.15, -0.1) is 19.0 Å². The topological polar surface area (TPSA) is 89.3 Å². The minimum absolute atomic E-state index is 0. The maximum atomic E-state index is 11.6. The lowest BCUT2D eigenvalue weighted by molar-refractivity contribution is -0.121. The molecule has 16 heavy (non-hydrogen) atoms. The number of carbonyl (C=O) groups is 1. The molecule has 3 N–H and O–H groups in total. The second-order valence-electron chi connectivity index (χ2n) is 4.26. The van der Waals surface area contributed by atoms with E-state index < -0.39 is 26.7 Å². The highest BCUT2D eigenvalue weighted by molar-refractivity contribution is 7.90. The smallest absolute Gasteiger partial charge is 0.254 e. The Morgan fingerprint density at radius 2 is 2.06 bits per heavy atom. The van der Waals surface area contributed by atoms with Gasteiger partial charge in [-0.05, 0) is 19.3 Å². The predicted octanol–water partition coefficient (Wildman–Crippen LogP) is -0.0800. The third-order valence-corrected chi connectivity index (χ3v) is 4.78. The molecule has 0 aliphatic heterocycles. The van der Waals surface area contributed by atoms with Crippen molar-refractivity contribution in [3.8, 4) is 0 Å². The molecule has 2 rings (SSSR count). The van der Waals surface area contributed by atoms with E-state index in [1.807, 2.05) is 4.72 Å². The number of carbonyl (C=O) groups excluding carboxylic acids is 1. The number of rotatable bonds is 4. The summed E-state index contributed by atoms with van der Waals surface area (Å²) in [5.74, 6) is -0.703. The van der Waals surface area contributed by atoms with E-state index in [0.717, 1.165) is 0 Å². The first-order valence-corrected chi connectivity index (χ1v) is 6.42. The zero-order valence-electron chi connectivity index (χ0n) is 8.68. The van der Waals surface area contributed by atoms with Gasteiger partial charge in [-0.3, -0.25) is 9.52 Å². The summed E-state index contributed by atoms with van der Waals surface area (Å²) in [5, 5.41) is -0.397. The summed E-state index contributed by atoms with van der Waals surface area (Å²) in [5.41, 5.74) is 4.67. The molecule has 2 fully saturated rings. The SMILES string of the molecule is C=CC1CC1(N)C(=O)NS(=O)(=O)C1CC1.Cl. The molecule has 0 aromatic rings. The van der Waals surface area contributed by atoms with Crippen molar-refractivity contribution in [2.45, 2.75) is 30.1 Å². The van der Waals surface area contributed by atoms with Crippen molar-refractivity contribution in [2.75, 3.05) is 0 Å². The van der Waals surface area contributed by atoms with Gasteiger partial charge in [-0.2, -0.15) is 0 Å². The lowest BCUT2D eigenvalue weighted by Gasteiger charge is -2.11. The van der Waals surface area contributed by atoms with Crippen LogP contribution < -0.4 is 10.5 Å². The van der Waals surface area contributed by atoms with Crippen molar-refractivity contribution in [3.63, 3.8) is 0 Å². The van der Waals surface area contributed by atoms with Gasteiger partial charge >= 0.3 is 0 Å². The number of nitrogens with one attached hydrogen (secondary N) is 1. The Kier molecular flexibility index (Phi) is 3.38. The molecule has 2 saturated carbocycles. The molecule has 2 aliphatic rings. The fourth-order valence-corrected chi connectivity index (χ4v) is 2.92. The van der Waals surface area contributed by atoms with Crippen LogP contribution in [0.4, 0.5) is 0 Å². The summed E-state index contributed by atoms with van der Waals surface area (Å²) >= 11 is 0. The number of amides is 1. The molecule has 5 nitrogen and oxygen atoms in total. The van der Waals surface area contributed by atoms with E-state index in [-0.39, 0.29) is 18.3 Å². The molecule has 7 heteroatoms. The molecular weight excluding hydrogens is 252 g/mol. The largest absolute Gasteiger partial charge is 0.317 e. The van der Waals surface area contributed by atoms with E-state index in [2.05, 4.69) is 6.58 Å². The van der Waals surface area contributed by atoms with Gasteiger partial charge in [-0.25, -0.2) is 8.42 Å². The van der Waals surface area contributed by atoms with Crippen LogP contribution in [0.15, 0.2) is 12.7 Å². The summed E-state index contributed by atoms with van der Waals surface area (Å²) in [7, 11) is -3.47. The van der Waals surface area contributed by atoms with E-state index in [9.17, 15) is 13.2 Å². The third kappa shape index (κ3) is 2.23. The van der Waals surface area contributed by atoms with Crippen molar-refractivity contribution < 1.29 is 13.2 Å². The van der Waals surface area contributed by atoms with E-state index in [1.54, 1.807) is 6.08 Å². The van der Waals surface area contributed by atoms with Crippen LogP contribution in [0.2, 0.25) is 0 Å². The first-order valence-electron chi connectivity index (χ1n) is 4.87. The van der Waals surface area contributed by atoms with Gasteiger partial charge in [0.15, 0.2) is 0 Å². The van der Waals surface area contributed by atoms with Gasteiger partial charge in [0.2, 0.25) is 10.0 Å². The fourth-order valence-electron chi connectivity index (χ4n) is 1.55. The van der Waals surface area contributed by atoms with E-state index in [1.165, 1.54) is 0 Å². The normalized spacial score (nSPS) is 32.4. The van der Waals surface area contributed by atoms with Gasteiger partial charge in [-0.1, -0.05) is 6.08 Å². The summed E-state index contributed by atoms with van der Waals surface area (Å²) in [6.07, 6.45) is 3.32. The Morgan fingerprint density at radius 3 is 2.44 bits per heavy atom. The zero-order chi connectivity index (χ0) is 11.3. The van der Waals surface area contributed by atoms with Gasteiger partial charge in [0.1, 0.15) is 5.54 Å². The van der Waals surface area contributed by atoms with Crippen molar-refractivity contribution in [1.29, 1.82) is 0 Å². The highest BCUT2D eigenvalue weighted by Gasteiger charge is 2.56. The van der Waals surface area contributed by atoms with Crippen molar-refractivity contribution in [1.82, 2.24) is 4.72 Å². The maximum absolute atomic E-state index is 11.6. The number of halogens is 1. The van der Waals surface area contributed by atoms with Crippen molar-refractivity contribution >= 4 is 28.3 Å². The number of hydrogen-bond acceptors (Lipinski definition) is 4. The van der Waals surface area contributed by atoms with E-state index >= 15 is 0 Å². The monoisotopic (exact) mass is 266 g/mol. The highest BCUT2D eigenvalue weighted by atomic mass is 35.5. The first-order chi connectivity index (χ1) is 6.90. The summed E-state index contributed by atoms with van der Waals surface area (Å²) in [4.78, 5) is 11.6. The number of hydrogen-bond donors (Lipinski definition) is 2. The maximum Gasteiger partial charge on any atom is 0.254 e. The molecule has 0 aromatic carbocycles. The summed E-state index contributed by atoms with van der Waals surface area (Å²) < 4.78 is 25.0. The molecule has 0 spiro atoms.